The first-order chi connectivity index (χ1) is 17.0. The fraction of sp³-hybridized carbons (Fsp3) is 0.208. The molecule has 0 saturated carbocycles. The molecule has 4 aromatic rings. The van der Waals surface area contributed by atoms with E-state index in [-0.39, 0.29) is 5.57 Å². The summed E-state index contributed by atoms with van der Waals surface area (Å²) in [5.74, 6) is -0.945. The third kappa shape index (κ3) is 4.71. The lowest BCUT2D eigenvalue weighted by Crippen LogP contribution is -2.20. The predicted molar refractivity (Wildman–Crippen MR) is 128 cm³/mol. The average Bonchev–Trinajstić information content (AvgIpc) is 3.61. The number of carboxylic acid groups (broad SMARTS) is 1. The number of carboxylic acids is 1. The van der Waals surface area contributed by atoms with Crippen molar-refractivity contribution in [1.29, 1.82) is 0 Å². The molecule has 0 atom stereocenters. The summed E-state index contributed by atoms with van der Waals surface area (Å²) >= 11 is 1.30. The van der Waals surface area contributed by atoms with Gasteiger partial charge < -0.3 is 5.11 Å². The number of aryl methyl sites for hydroxylation is 1. The van der Waals surface area contributed by atoms with Gasteiger partial charge in [0.15, 0.2) is 5.82 Å². The van der Waals surface area contributed by atoms with Gasteiger partial charge in [0, 0.05) is 16.7 Å². The topological polar surface area (TPSA) is 139 Å². The number of nitrogens with one attached hydrogen (secondary N) is 1. The predicted octanol–water partition coefficient (Wildman–Crippen LogP) is 3.14. The number of aromatic amines is 1. The van der Waals surface area contributed by atoms with Gasteiger partial charge in [0.2, 0.25) is 4.80 Å². The van der Waals surface area contributed by atoms with Crippen LogP contribution in [0.3, 0.4) is 0 Å². The maximum absolute atomic E-state index is 12.7. The Morgan fingerprint density at radius 2 is 1.83 bits per heavy atom. The highest BCUT2D eigenvalue weighted by Crippen LogP contribution is 2.30. The molecule has 11 heteroatoms. The molecule has 35 heavy (non-hydrogen) atoms. The summed E-state index contributed by atoms with van der Waals surface area (Å²) in [7, 11) is 0. The summed E-state index contributed by atoms with van der Waals surface area (Å²) in [6.07, 6.45) is 1.49. The highest BCUT2D eigenvalue weighted by Gasteiger charge is 2.25. The Balaban J connectivity index is 1.41. The summed E-state index contributed by atoms with van der Waals surface area (Å²) in [6.45, 7) is 2.27. The zero-order valence-corrected chi connectivity index (χ0v) is 19.6. The number of nitrogens with zero attached hydrogens (tertiary/aromatic N) is 6. The second kappa shape index (κ2) is 9.55. The number of rotatable bonds is 6. The van der Waals surface area contributed by atoms with E-state index in [0.29, 0.717) is 42.0 Å². The number of benzene rings is 2. The minimum atomic E-state index is -1.05. The van der Waals surface area contributed by atoms with Crippen LogP contribution in [0.2, 0.25) is 0 Å². The molecule has 0 bridgehead atoms. The molecule has 1 aliphatic rings. The quantitative estimate of drug-likeness (QED) is 0.426. The van der Waals surface area contributed by atoms with E-state index in [4.69, 9.17) is 0 Å². The van der Waals surface area contributed by atoms with Crippen molar-refractivity contribution in [2.24, 2.45) is 4.99 Å². The molecule has 0 unspecified atom stereocenters. The lowest BCUT2D eigenvalue weighted by atomic mass is 9.98. The largest absolute Gasteiger partial charge is 0.478 e. The molecule has 0 radical (unpaired) electrons. The molecule has 0 aliphatic heterocycles. The van der Waals surface area contributed by atoms with Crippen LogP contribution >= 0.6 is 11.3 Å². The normalized spacial score (nSPS) is 14.0. The summed E-state index contributed by atoms with van der Waals surface area (Å²) < 4.78 is 1.68. The van der Waals surface area contributed by atoms with Gasteiger partial charge in [-0.25, -0.2) is 14.6 Å². The number of carbonyl (C=O) groups excluding carboxylic acids is 1. The van der Waals surface area contributed by atoms with Gasteiger partial charge in [0.1, 0.15) is 5.01 Å². The first kappa shape index (κ1) is 22.5. The molecule has 2 N–H and O–H groups in total. The van der Waals surface area contributed by atoms with E-state index in [2.05, 4.69) is 30.7 Å². The van der Waals surface area contributed by atoms with Gasteiger partial charge in [-0.2, -0.15) is 10.1 Å². The maximum atomic E-state index is 12.7. The van der Waals surface area contributed by atoms with Crippen molar-refractivity contribution in [3.63, 3.8) is 0 Å². The molecule has 2 aromatic carbocycles. The lowest BCUT2D eigenvalue weighted by molar-refractivity contribution is -0.133. The Morgan fingerprint density at radius 1 is 1.09 bits per heavy atom. The van der Waals surface area contributed by atoms with Crippen LogP contribution in [-0.2, 0) is 16.1 Å². The number of H-pyrrole nitrogens is 1. The van der Waals surface area contributed by atoms with E-state index in [1.54, 1.807) is 4.68 Å². The molecular formula is C24H21N7O3S. The van der Waals surface area contributed by atoms with Crippen LogP contribution in [-0.4, -0.2) is 47.4 Å². The highest BCUT2D eigenvalue weighted by molar-refractivity contribution is 7.08. The zero-order chi connectivity index (χ0) is 24.4. The Labute approximate surface area is 203 Å². The van der Waals surface area contributed by atoms with Gasteiger partial charge in [0.05, 0.1) is 6.54 Å². The van der Waals surface area contributed by atoms with Crippen LogP contribution in [0.1, 0.15) is 29.8 Å². The van der Waals surface area contributed by atoms with Crippen LogP contribution in [0.4, 0.5) is 0 Å². The second-order valence-electron chi connectivity index (χ2n) is 8.09. The third-order valence-corrected chi connectivity index (χ3v) is 6.64. The molecule has 0 saturated heterocycles. The summed E-state index contributed by atoms with van der Waals surface area (Å²) in [6, 6.07) is 15.9. The lowest BCUT2D eigenvalue weighted by Gasteiger charge is -2.08. The number of carbonyl (C=O) groups is 2. The van der Waals surface area contributed by atoms with Gasteiger partial charge in [0.25, 0.3) is 5.91 Å². The first-order valence-electron chi connectivity index (χ1n) is 11.0. The molecule has 176 valence electrons. The number of amides is 1. The monoisotopic (exact) mass is 487 g/mol. The average molecular weight is 488 g/mol. The van der Waals surface area contributed by atoms with Gasteiger partial charge >= 0.3 is 5.97 Å². The summed E-state index contributed by atoms with van der Waals surface area (Å²) in [4.78, 5) is 28.8. The fourth-order valence-corrected chi connectivity index (χ4v) is 4.89. The Kier molecular flexibility index (Phi) is 6.15. The van der Waals surface area contributed by atoms with Gasteiger partial charge in [-0.15, -0.1) is 5.10 Å². The van der Waals surface area contributed by atoms with Crippen molar-refractivity contribution in [3.8, 4) is 22.5 Å². The molecular weight excluding hydrogens is 466 g/mol. The molecule has 0 spiro atoms. The van der Waals surface area contributed by atoms with Crippen LogP contribution < -0.4 is 4.80 Å². The molecule has 2 aromatic heterocycles. The van der Waals surface area contributed by atoms with E-state index in [1.807, 2.05) is 55.5 Å². The highest BCUT2D eigenvalue weighted by atomic mass is 32.1. The number of tetrazole rings is 1. The van der Waals surface area contributed by atoms with Crippen LogP contribution in [0.15, 0.2) is 64.7 Å². The van der Waals surface area contributed by atoms with E-state index in [9.17, 15) is 14.7 Å². The van der Waals surface area contributed by atoms with Crippen molar-refractivity contribution in [2.75, 3.05) is 0 Å². The Morgan fingerprint density at radius 3 is 2.54 bits per heavy atom. The first-order valence-corrected chi connectivity index (χ1v) is 11.8. The maximum Gasteiger partial charge on any atom is 0.332 e. The van der Waals surface area contributed by atoms with E-state index in [1.165, 1.54) is 11.3 Å². The molecule has 1 aliphatic carbocycles. The zero-order valence-electron chi connectivity index (χ0n) is 18.8. The number of hydrogen-bond acceptors (Lipinski definition) is 7. The molecule has 1 amide bonds. The number of hydrogen-bond donors (Lipinski definition) is 2. The number of aliphatic carboxylic acids is 1. The van der Waals surface area contributed by atoms with E-state index in [0.717, 1.165) is 27.3 Å². The summed E-state index contributed by atoms with van der Waals surface area (Å²) in [5.41, 5.74) is 4.35. The minimum Gasteiger partial charge on any atom is -0.478 e. The SMILES string of the molecule is Cc1nn(Cc2ccc(-c3ccccc3-c3nnn[nH]3)cc2)c(=NC(=O)C2=C(C(=O)O)CCC2)s1. The van der Waals surface area contributed by atoms with Crippen molar-refractivity contribution >= 4 is 23.2 Å². The smallest absolute Gasteiger partial charge is 0.332 e. The Bertz CT molecular complexity index is 1500. The van der Waals surface area contributed by atoms with Crippen LogP contribution in [0.5, 0.6) is 0 Å². The van der Waals surface area contributed by atoms with Gasteiger partial charge in [-0.1, -0.05) is 59.9 Å². The molecule has 2 heterocycles. The van der Waals surface area contributed by atoms with E-state index < -0.39 is 11.9 Å². The van der Waals surface area contributed by atoms with Crippen molar-refractivity contribution in [3.05, 3.63) is 75.0 Å². The molecule has 5 rings (SSSR count). The standard InChI is InChI=1S/C24H21N7O3S/c1-14-28-31(24(35-14)25-22(32)19-7-4-8-20(19)23(33)34)13-15-9-11-16(12-10-15)17-5-2-3-6-18(17)21-26-29-30-27-21/h2-3,5-6,9-12H,4,7-8,13H2,1H3,(H,33,34)(H,26,27,29,30). The summed E-state index contributed by atoms with van der Waals surface area (Å²) in [5, 5.41) is 28.8. The third-order valence-electron chi connectivity index (χ3n) is 5.78. The molecule has 0 fully saturated rings. The van der Waals surface area contributed by atoms with Crippen molar-refractivity contribution in [1.82, 2.24) is 30.4 Å². The van der Waals surface area contributed by atoms with Crippen LogP contribution in [0.25, 0.3) is 22.5 Å². The minimum absolute atomic E-state index is 0.170. The fourth-order valence-electron chi connectivity index (χ4n) is 4.15. The molecule has 10 nitrogen and oxygen atoms in total. The van der Waals surface area contributed by atoms with Crippen molar-refractivity contribution in [2.45, 2.75) is 32.7 Å². The Hall–Kier alpha value is -4.25. The van der Waals surface area contributed by atoms with E-state index >= 15 is 0 Å². The number of aromatic nitrogens is 6. The van der Waals surface area contributed by atoms with Crippen molar-refractivity contribution < 1.29 is 14.7 Å². The second-order valence-corrected chi connectivity index (χ2v) is 9.25. The van der Waals surface area contributed by atoms with Crippen LogP contribution in [0, 0.1) is 6.92 Å². The van der Waals surface area contributed by atoms with Gasteiger partial charge in [-0.05, 0) is 53.3 Å². The van der Waals surface area contributed by atoms with Gasteiger partial charge in [-0.3, -0.25) is 4.79 Å².